The number of benzene rings is 3. The van der Waals surface area contributed by atoms with E-state index in [0.717, 1.165) is 54.7 Å². The van der Waals surface area contributed by atoms with Gasteiger partial charge in [0, 0.05) is 32.3 Å². The highest BCUT2D eigenvalue weighted by Crippen LogP contribution is 2.34. The number of anilines is 1. The number of nitrogens with one attached hydrogen (secondary N) is 1. The molecule has 0 saturated carbocycles. The van der Waals surface area contributed by atoms with E-state index in [4.69, 9.17) is 19.9 Å². The van der Waals surface area contributed by atoms with Gasteiger partial charge in [-0.15, -0.1) is 0 Å². The second-order valence-corrected chi connectivity index (χ2v) is 10.8. The summed E-state index contributed by atoms with van der Waals surface area (Å²) in [6, 6.07) is 20.5. The number of alkyl halides is 3. The lowest BCUT2D eigenvalue weighted by atomic mass is 9.98. The van der Waals surface area contributed by atoms with E-state index in [0.29, 0.717) is 31.7 Å². The van der Waals surface area contributed by atoms with Gasteiger partial charge < -0.3 is 30.2 Å². The molecule has 0 unspecified atom stereocenters. The summed E-state index contributed by atoms with van der Waals surface area (Å²) < 4.78 is 53.9. The van der Waals surface area contributed by atoms with E-state index in [1.807, 2.05) is 31.2 Å². The van der Waals surface area contributed by atoms with E-state index in [1.165, 1.54) is 6.07 Å². The number of unbranched alkanes of at least 4 members (excludes halogenated alkanes) is 1. The topological polar surface area (TPSA) is 86.1 Å². The molecule has 3 aromatic carbocycles. The monoisotopic (exact) mass is 599 g/mol. The molecule has 7 nitrogen and oxygen atoms in total. The predicted molar refractivity (Wildman–Crippen MR) is 161 cm³/mol. The van der Waals surface area contributed by atoms with Crippen molar-refractivity contribution in [3.8, 4) is 11.5 Å². The van der Waals surface area contributed by atoms with Crippen molar-refractivity contribution in [1.29, 1.82) is 0 Å². The van der Waals surface area contributed by atoms with Crippen LogP contribution in [0.25, 0.3) is 0 Å². The molecular formula is C33H40F3N3O4. The van der Waals surface area contributed by atoms with Gasteiger partial charge in [-0.1, -0.05) is 48.5 Å². The summed E-state index contributed by atoms with van der Waals surface area (Å²) in [6.45, 7) is 4.36. The number of nitrogens with zero attached hydrogens (tertiary/aromatic N) is 1. The SMILES string of the molecule is C[C@H](Cc1cc2c(c(C(N)=O)c1)N(CCCCOCc1ccccc1)CC2)NCCOc1ccccc1OCC(F)(F)F. The molecule has 1 heterocycles. The van der Waals surface area contributed by atoms with Crippen molar-refractivity contribution >= 4 is 11.6 Å². The molecule has 0 saturated heterocycles. The van der Waals surface area contributed by atoms with Gasteiger partial charge in [0.2, 0.25) is 0 Å². The second-order valence-electron chi connectivity index (χ2n) is 10.8. The number of ether oxygens (including phenoxy) is 3. The van der Waals surface area contributed by atoms with Crippen molar-refractivity contribution in [2.75, 3.05) is 44.4 Å². The van der Waals surface area contributed by atoms with Crippen molar-refractivity contribution in [2.45, 2.75) is 51.4 Å². The average Bonchev–Trinajstić information content (AvgIpc) is 3.38. The van der Waals surface area contributed by atoms with E-state index in [-0.39, 0.29) is 24.1 Å². The third kappa shape index (κ3) is 10.2. The Morgan fingerprint density at radius 2 is 1.70 bits per heavy atom. The van der Waals surface area contributed by atoms with E-state index < -0.39 is 18.7 Å². The van der Waals surface area contributed by atoms with Gasteiger partial charge in [-0.25, -0.2) is 0 Å². The highest BCUT2D eigenvalue weighted by Gasteiger charge is 2.29. The molecule has 1 aliphatic heterocycles. The summed E-state index contributed by atoms with van der Waals surface area (Å²) in [5.74, 6) is -0.123. The number of rotatable bonds is 17. The molecule has 1 atom stereocenters. The maximum Gasteiger partial charge on any atom is 0.422 e. The van der Waals surface area contributed by atoms with Crippen molar-refractivity contribution in [3.05, 3.63) is 89.0 Å². The van der Waals surface area contributed by atoms with Gasteiger partial charge in [0.1, 0.15) is 6.61 Å². The fourth-order valence-corrected chi connectivity index (χ4v) is 5.23. The Labute approximate surface area is 251 Å². The first-order valence-corrected chi connectivity index (χ1v) is 14.7. The lowest BCUT2D eigenvalue weighted by Gasteiger charge is -2.22. The van der Waals surface area contributed by atoms with Crippen LogP contribution in [0.1, 0.15) is 46.8 Å². The van der Waals surface area contributed by atoms with Gasteiger partial charge in [0.25, 0.3) is 5.91 Å². The molecule has 3 aromatic rings. The van der Waals surface area contributed by atoms with E-state index in [1.54, 1.807) is 18.2 Å². The van der Waals surface area contributed by atoms with Crippen LogP contribution in [0.4, 0.5) is 18.9 Å². The zero-order valence-electron chi connectivity index (χ0n) is 24.5. The Bertz CT molecular complexity index is 1320. The van der Waals surface area contributed by atoms with Crippen LogP contribution >= 0.6 is 0 Å². The molecule has 0 aromatic heterocycles. The molecule has 3 N–H and O–H groups in total. The molecule has 0 spiro atoms. The van der Waals surface area contributed by atoms with Crippen LogP contribution in [0.2, 0.25) is 0 Å². The molecule has 0 fully saturated rings. The minimum atomic E-state index is -4.42. The number of carbonyl (C=O) groups is 1. The molecule has 0 bridgehead atoms. The minimum absolute atomic E-state index is 0.0513. The van der Waals surface area contributed by atoms with Crippen LogP contribution in [0, 0.1) is 0 Å². The molecule has 4 rings (SSSR count). The number of nitrogens with two attached hydrogens (primary N) is 1. The molecule has 232 valence electrons. The normalized spacial score (nSPS) is 13.5. The summed E-state index contributed by atoms with van der Waals surface area (Å²) in [4.78, 5) is 14.7. The van der Waals surface area contributed by atoms with Crippen molar-refractivity contribution < 1.29 is 32.2 Å². The summed E-state index contributed by atoms with van der Waals surface area (Å²) in [7, 11) is 0. The first-order valence-electron chi connectivity index (χ1n) is 14.7. The maximum atomic E-state index is 12.5. The molecule has 43 heavy (non-hydrogen) atoms. The Morgan fingerprint density at radius 1 is 0.977 bits per heavy atom. The van der Waals surface area contributed by atoms with Crippen LogP contribution < -0.4 is 25.4 Å². The zero-order valence-corrected chi connectivity index (χ0v) is 24.5. The lowest BCUT2D eigenvalue weighted by Crippen LogP contribution is -2.32. The van der Waals surface area contributed by atoms with Crippen molar-refractivity contribution in [3.63, 3.8) is 0 Å². The van der Waals surface area contributed by atoms with Gasteiger partial charge in [0.15, 0.2) is 18.1 Å². The summed E-state index contributed by atoms with van der Waals surface area (Å²) in [5, 5.41) is 3.37. The third-order valence-electron chi connectivity index (χ3n) is 7.19. The van der Waals surface area contributed by atoms with Crippen molar-refractivity contribution in [2.24, 2.45) is 5.73 Å². The zero-order chi connectivity index (χ0) is 30.7. The number of primary amides is 1. The van der Waals surface area contributed by atoms with Gasteiger partial charge in [0.05, 0.1) is 17.9 Å². The number of fused-ring (bicyclic) bond motifs is 1. The quantitative estimate of drug-likeness (QED) is 0.194. The van der Waals surface area contributed by atoms with Crippen LogP contribution in [0.5, 0.6) is 11.5 Å². The van der Waals surface area contributed by atoms with E-state index in [2.05, 4.69) is 28.4 Å². The Morgan fingerprint density at radius 3 is 2.42 bits per heavy atom. The van der Waals surface area contributed by atoms with Gasteiger partial charge >= 0.3 is 6.18 Å². The Hall–Kier alpha value is -3.76. The highest BCUT2D eigenvalue weighted by atomic mass is 19.4. The predicted octanol–water partition coefficient (Wildman–Crippen LogP) is 5.69. The Kier molecular flexibility index (Phi) is 11.7. The molecule has 10 heteroatoms. The Balaban J connectivity index is 1.23. The molecular weight excluding hydrogens is 559 g/mol. The summed E-state index contributed by atoms with van der Waals surface area (Å²) >= 11 is 0. The number of hydrogen-bond acceptors (Lipinski definition) is 6. The molecule has 0 radical (unpaired) electrons. The van der Waals surface area contributed by atoms with Gasteiger partial charge in [-0.2, -0.15) is 13.2 Å². The highest BCUT2D eigenvalue weighted by molar-refractivity contribution is 6.00. The van der Waals surface area contributed by atoms with Gasteiger partial charge in [-0.05, 0) is 67.5 Å². The first kappa shape index (κ1) is 32.2. The van der Waals surface area contributed by atoms with Crippen LogP contribution in [0.3, 0.4) is 0 Å². The average molecular weight is 600 g/mol. The third-order valence-corrected chi connectivity index (χ3v) is 7.19. The first-order chi connectivity index (χ1) is 20.7. The van der Waals surface area contributed by atoms with E-state index in [9.17, 15) is 18.0 Å². The van der Waals surface area contributed by atoms with E-state index >= 15 is 0 Å². The summed E-state index contributed by atoms with van der Waals surface area (Å²) in [6.07, 6.45) is -0.999. The molecule has 1 amide bonds. The summed E-state index contributed by atoms with van der Waals surface area (Å²) in [5.41, 5.74) is 10.6. The standard InChI is InChI=1S/C33H40F3N3O4/c1-24(38-14-18-42-29-11-5-6-12-30(29)43-23-33(34,35)36)19-26-20-27-13-16-39(31(27)28(21-26)32(37)40)15-7-8-17-41-22-25-9-3-2-4-10-25/h2-6,9-12,20-21,24,38H,7-8,13-19,22-23H2,1H3,(H2,37,40)/t24-/m1/s1. The minimum Gasteiger partial charge on any atom is -0.488 e. The lowest BCUT2D eigenvalue weighted by molar-refractivity contribution is -0.153. The number of hydrogen-bond donors (Lipinski definition) is 2. The smallest absolute Gasteiger partial charge is 0.422 e. The number of para-hydroxylation sites is 2. The number of amides is 1. The van der Waals surface area contributed by atoms with Gasteiger partial charge in [-0.3, -0.25) is 4.79 Å². The number of halogens is 3. The maximum absolute atomic E-state index is 12.5. The fourth-order valence-electron chi connectivity index (χ4n) is 5.23. The number of carbonyl (C=O) groups excluding carboxylic acids is 1. The largest absolute Gasteiger partial charge is 0.488 e. The van der Waals surface area contributed by atoms with Crippen LogP contribution in [-0.4, -0.2) is 57.6 Å². The second kappa shape index (κ2) is 15.6. The van der Waals surface area contributed by atoms with Crippen LogP contribution in [-0.2, 0) is 24.2 Å². The molecule has 0 aliphatic carbocycles. The van der Waals surface area contributed by atoms with Crippen LogP contribution in [0.15, 0.2) is 66.7 Å². The molecule has 1 aliphatic rings. The van der Waals surface area contributed by atoms with Crippen molar-refractivity contribution in [1.82, 2.24) is 5.32 Å². The fraction of sp³-hybridized carbons (Fsp3) is 0.424.